The Kier molecular flexibility index (Phi) is 5.78. The molecule has 250 valence electrons. The van der Waals surface area contributed by atoms with E-state index in [0.717, 1.165) is 99.2 Å². The van der Waals surface area contributed by atoms with Crippen molar-refractivity contribution in [2.75, 3.05) is 0 Å². The van der Waals surface area contributed by atoms with Gasteiger partial charge in [0, 0.05) is 66.6 Å². The Balaban J connectivity index is 1.12. The molecule has 12 rings (SSSR count). The van der Waals surface area contributed by atoms with Crippen molar-refractivity contribution in [3.05, 3.63) is 169 Å². The summed E-state index contributed by atoms with van der Waals surface area (Å²) in [4.78, 5) is 0. The molecule has 0 unspecified atom stereocenters. The average molecular weight is 690 g/mol. The van der Waals surface area contributed by atoms with Crippen molar-refractivity contribution in [3.8, 4) is 28.6 Å². The van der Waals surface area contributed by atoms with Gasteiger partial charge >= 0.3 is 0 Å². The molecular formula is C49H27N3O2. The monoisotopic (exact) mass is 689 g/mol. The summed E-state index contributed by atoms with van der Waals surface area (Å²) >= 11 is 0. The molecule has 54 heavy (non-hydrogen) atoms. The van der Waals surface area contributed by atoms with Crippen LogP contribution in [0.4, 0.5) is 0 Å². The van der Waals surface area contributed by atoms with Gasteiger partial charge in [0.1, 0.15) is 22.3 Å². The van der Waals surface area contributed by atoms with Crippen LogP contribution in [-0.2, 0) is 0 Å². The van der Waals surface area contributed by atoms with Gasteiger partial charge in [-0.15, -0.1) is 0 Å². The summed E-state index contributed by atoms with van der Waals surface area (Å²) in [5.74, 6) is 0. The van der Waals surface area contributed by atoms with E-state index in [0.29, 0.717) is 5.56 Å². The van der Waals surface area contributed by atoms with Crippen molar-refractivity contribution in [1.29, 1.82) is 5.26 Å². The van der Waals surface area contributed by atoms with Crippen molar-refractivity contribution < 1.29 is 8.83 Å². The number of hydrogen-bond acceptors (Lipinski definition) is 3. The first-order valence-electron chi connectivity index (χ1n) is 18.1. The first-order valence-corrected chi connectivity index (χ1v) is 18.1. The van der Waals surface area contributed by atoms with Crippen LogP contribution in [0.2, 0.25) is 0 Å². The zero-order chi connectivity index (χ0) is 35.5. The van der Waals surface area contributed by atoms with E-state index in [1.807, 2.05) is 48.5 Å². The second kappa shape index (κ2) is 10.7. The lowest BCUT2D eigenvalue weighted by molar-refractivity contribution is 0.669. The predicted molar refractivity (Wildman–Crippen MR) is 220 cm³/mol. The number of aromatic nitrogens is 2. The molecule has 0 fully saturated rings. The number of hydrogen-bond donors (Lipinski definition) is 0. The fraction of sp³-hybridized carbons (Fsp3) is 0. The van der Waals surface area contributed by atoms with Crippen molar-refractivity contribution in [2.24, 2.45) is 0 Å². The van der Waals surface area contributed by atoms with Crippen molar-refractivity contribution >= 4 is 87.5 Å². The highest BCUT2D eigenvalue weighted by Gasteiger charge is 2.20. The third-order valence-corrected chi connectivity index (χ3v) is 11.1. The fourth-order valence-electron chi connectivity index (χ4n) is 8.65. The molecule has 0 bridgehead atoms. The minimum atomic E-state index is 0.632. The van der Waals surface area contributed by atoms with Gasteiger partial charge < -0.3 is 18.0 Å². The molecule has 0 radical (unpaired) electrons. The third-order valence-electron chi connectivity index (χ3n) is 11.1. The fourth-order valence-corrected chi connectivity index (χ4v) is 8.65. The second-order valence-corrected chi connectivity index (χ2v) is 14.1. The molecule has 5 nitrogen and oxygen atoms in total. The van der Waals surface area contributed by atoms with E-state index in [-0.39, 0.29) is 0 Å². The Morgan fingerprint density at radius 2 is 0.815 bits per heavy atom. The van der Waals surface area contributed by atoms with Crippen LogP contribution < -0.4 is 0 Å². The van der Waals surface area contributed by atoms with Gasteiger partial charge in [-0.05, 0) is 96.1 Å². The second-order valence-electron chi connectivity index (χ2n) is 14.1. The Morgan fingerprint density at radius 3 is 1.33 bits per heavy atom. The topological polar surface area (TPSA) is 59.9 Å². The smallest absolute Gasteiger partial charge is 0.137 e. The number of para-hydroxylation sites is 3. The van der Waals surface area contributed by atoms with E-state index in [4.69, 9.17) is 8.83 Å². The molecule has 0 saturated heterocycles. The molecule has 4 heterocycles. The Hall–Kier alpha value is -7.55. The number of fused-ring (bicyclic) bond motifs is 12. The molecule has 0 spiro atoms. The van der Waals surface area contributed by atoms with Gasteiger partial charge in [0.2, 0.25) is 0 Å². The van der Waals surface area contributed by atoms with Gasteiger partial charge in [0.05, 0.1) is 33.7 Å². The van der Waals surface area contributed by atoms with Crippen LogP contribution in [-0.4, -0.2) is 9.13 Å². The summed E-state index contributed by atoms with van der Waals surface area (Å²) in [6.45, 7) is 0. The molecule has 0 N–H and O–H groups in total. The summed E-state index contributed by atoms with van der Waals surface area (Å²) in [7, 11) is 0. The van der Waals surface area contributed by atoms with Gasteiger partial charge in [-0.25, -0.2) is 0 Å². The van der Waals surface area contributed by atoms with E-state index in [1.54, 1.807) is 0 Å². The van der Waals surface area contributed by atoms with E-state index in [9.17, 15) is 5.26 Å². The minimum Gasteiger partial charge on any atom is -0.456 e. The molecule has 5 heteroatoms. The first kappa shape index (κ1) is 29.1. The summed E-state index contributed by atoms with van der Waals surface area (Å²) in [6, 6.07) is 59.6. The highest BCUT2D eigenvalue weighted by atomic mass is 16.3. The number of rotatable bonds is 3. The zero-order valence-electron chi connectivity index (χ0n) is 28.7. The number of nitrogens with zero attached hydrogens (tertiary/aromatic N) is 3. The molecule has 8 aromatic carbocycles. The van der Waals surface area contributed by atoms with Gasteiger partial charge in [0.25, 0.3) is 0 Å². The van der Waals surface area contributed by atoms with Crippen molar-refractivity contribution in [2.45, 2.75) is 0 Å². The lowest BCUT2D eigenvalue weighted by Crippen LogP contribution is -1.94. The van der Waals surface area contributed by atoms with Crippen LogP contribution in [0.25, 0.3) is 110 Å². The first-order chi connectivity index (χ1) is 26.7. The van der Waals surface area contributed by atoms with Crippen LogP contribution in [0.5, 0.6) is 0 Å². The van der Waals surface area contributed by atoms with E-state index in [1.165, 1.54) is 10.8 Å². The molecule has 0 atom stereocenters. The Bertz CT molecular complexity index is 3550. The van der Waals surface area contributed by atoms with E-state index >= 15 is 0 Å². The molecule has 0 aliphatic rings. The molecule has 0 aliphatic heterocycles. The molecular weight excluding hydrogens is 663 g/mol. The maximum absolute atomic E-state index is 9.52. The number of nitriles is 1. The van der Waals surface area contributed by atoms with Crippen molar-refractivity contribution in [3.63, 3.8) is 0 Å². The maximum Gasteiger partial charge on any atom is 0.137 e. The van der Waals surface area contributed by atoms with Crippen molar-refractivity contribution in [1.82, 2.24) is 9.13 Å². The van der Waals surface area contributed by atoms with Gasteiger partial charge in [-0.3, -0.25) is 0 Å². The SMILES string of the molecule is N#Cc1ccc(-n2c3ccc(-c4ccc5c(c4)c4cc6c(cc4n5-c4ccccc4)oc4ccccc46)cc3c3cc4c(cc32)oc2ccccc24)cc1. The summed E-state index contributed by atoms with van der Waals surface area (Å²) < 4.78 is 17.4. The predicted octanol–water partition coefficient (Wildman–Crippen LogP) is 13.2. The Morgan fingerprint density at radius 1 is 0.352 bits per heavy atom. The standard InChI is InChI=1S/C49H27N3O2/c50-28-29-14-18-33(19-15-29)52-43-21-17-31(23-37(43)39-25-41-35-11-5-7-13-47(35)54-49(41)27-45(39)52)30-16-20-42-36(22-30)38-24-40-34-10-4-6-12-46(34)53-48(40)26-44(38)51(42)32-8-2-1-3-9-32/h1-27H. The highest BCUT2D eigenvalue weighted by Crippen LogP contribution is 2.42. The molecule has 4 aromatic heterocycles. The summed E-state index contributed by atoms with van der Waals surface area (Å²) in [6.07, 6.45) is 0. The quantitative estimate of drug-likeness (QED) is 0.185. The highest BCUT2D eigenvalue weighted by molar-refractivity contribution is 6.20. The van der Waals surface area contributed by atoms with Crippen LogP contribution >= 0.6 is 0 Å². The molecule has 0 saturated carbocycles. The van der Waals surface area contributed by atoms with Crippen LogP contribution in [0.1, 0.15) is 5.56 Å². The summed E-state index contributed by atoms with van der Waals surface area (Å²) in [5, 5.41) is 18.6. The third kappa shape index (κ3) is 4.02. The maximum atomic E-state index is 9.52. The van der Waals surface area contributed by atoms with Gasteiger partial charge in [-0.2, -0.15) is 5.26 Å². The molecule has 12 aromatic rings. The van der Waals surface area contributed by atoms with Crippen LogP contribution in [0.3, 0.4) is 0 Å². The van der Waals surface area contributed by atoms with Crippen LogP contribution in [0.15, 0.2) is 173 Å². The van der Waals surface area contributed by atoms with Gasteiger partial charge in [-0.1, -0.05) is 66.7 Å². The zero-order valence-corrected chi connectivity index (χ0v) is 28.7. The molecule has 0 amide bonds. The van der Waals surface area contributed by atoms with E-state index in [2.05, 4.69) is 130 Å². The number of furan rings is 2. The van der Waals surface area contributed by atoms with Crippen LogP contribution in [0, 0.1) is 11.3 Å². The lowest BCUT2D eigenvalue weighted by atomic mass is 10.00. The van der Waals surface area contributed by atoms with Gasteiger partial charge in [0.15, 0.2) is 0 Å². The summed E-state index contributed by atoms with van der Waals surface area (Å²) in [5.41, 5.74) is 12.9. The lowest BCUT2D eigenvalue weighted by Gasteiger charge is -2.09. The van der Waals surface area contributed by atoms with E-state index < -0.39 is 0 Å². The normalized spacial score (nSPS) is 12.1. The Labute approximate surface area is 307 Å². The largest absolute Gasteiger partial charge is 0.456 e. The number of benzene rings is 8. The average Bonchev–Trinajstić information content (AvgIpc) is 3.96. The minimum absolute atomic E-state index is 0.632. The molecule has 0 aliphatic carbocycles.